The van der Waals surface area contributed by atoms with Crippen molar-refractivity contribution in [2.45, 2.75) is 6.92 Å². The van der Waals surface area contributed by atoms with Crippen LogP contribution in [0, 0.1) is 6.92 Å². The summed E-state index contributed by atoms with van der Waals surface area (Å²) >= 11 is 0. The molecule has 0 spiro atoms. The van der Waals surface area contributed by atoms with Crippen LogP contribution in [0.15, 0.2) is 59.0 Å². The number of hydrogen-bond acceptors (Lipinski definition) is 4. The molecule has 5 nitrogen and oxygen atoms in total. The zero-order valence-corrected chi connectivity index (χ0v) is 13.5. The van der Waals surface area contributed by atoms with Crippen LogP contribution in [0.1, 0.15) is 26.6 Å². The summed E-state index contributed by atoms with van der Waals surface area (Å²) in [7, 11) is 0. The lowest BCUT2D eigenvalue weighted by Gasteiger charge is -2.03. The number of esters is 1. The van der Waals surface area contributed by atoms with Gasteiger partial charge in [0.1, 0.15) is 5.58 Å². The first-order valence-electron chi connectivity index (χ1n) is 7.89. The summed E-state index contributed by atoms with van der Waals surface area (Å²) in [4.78, 5) is 27.8. The average molecular weight is 333 g/mol. The fourth-order valence-corrected chi connectivity index (χ4v) is 2.99. The second-order valence-corrected chi connectivity index (χ2v) is 5.82. The van der Waals surface area contributed by atoms with Gasteiger partial charge in [0.15, 0.2) is 6.61 Å². The van der Waals surface area contributed by atoms with Gasteiger partial charge in [0.05, 0.1) is 0 Å². The highest BCUT2D eigenvalue weighted by Crippen LogP contribution is 2.23. The Labute approximate surface area is 143 Å². The number of furan rings is 1. The Morgan fingerprint density at radius 2 is 1.84 bits per heavy atom. The van der Waals surface area contributed by atoms with Crippen LogP contribution in [0.4, 0.5) is 0 Å². The second-order valence-electron chi connectivity index (χ2n) is 5.82. The number of carbonyl (C=O) groups is 2. The van der Waals surface area contributed by atoms with Crippen molar-refractivity contribution in [3.63, 3.8) is 0 Å². The molecule has 2 aromatic heterocycles. The van der Waals surface area contributed by atoms with Gasteiger partial charge in [-0.2, -0.15) is 0 Å². The smallest absolute Gasteiger partial charge is 0.374 e. The second kappa shape index (κ2) is 5.94. The first-order chi connectivity index (χ1) is 12.1. The van der Waals surface area contributed by atoms with Gasteiger partial charge >= 0.3 is 5.97 Å². The molecule has 1 N–H and O–H groups in total. The molecular formula is C20H15NO4. The minimum atomic E-state index is -0.651. The van der Waals surface area contributed by atoms with Crippen LogP contribution in [0.25, 0.3) is 21.9 Å². The van der Waals surface area contributed by atoms with E-state index in [9.17, 15) is 9.59 Å². The van der Waals surface area contributed by atoms with Crippen molar-refractivity contribution in [2.24, 2.45) is 0 Å². The van der Waals surface area contributed by atoms with Crippen molar-refractivity contribution in [1.29, 1.82) is 0 Å². The van der Waals surface area contributed by atoms with Crippen LogP contribution >= 0.6 is 0 Å². The Hall–Kier alpha value is -3.34. The maximum Gasteiger partial charge on any atom is 0.374 e. The van der Waals surface area contributed by atoms with Crippen LogP contribution in [-0.4, -0.2) is 23.3 Å². The van der Waals surface area contributed by atoms with E-state index in [4.69, 9.17) is 9.15 Å². The third-order valence-corrected chi connectivity index (χ3v) is 4.13. The number of aromatic nitrogens is 1. The summed E-state index contributed by atoms with van der Waals surface area (Å²) in [5.41, 5.74) is 2.79. The lowest BCUT2D eigenvalue weighted by atomic mass is 10.1. The van der Waals surface area contributed by atoms with Crippen molar-refractivity contribution >= 4 is 33.6 Å². The molecule has 4 aromatic rings. The zero-order valence-electron chi connectivity index (χ0n) is 13.5. The van der Waals surface area contributed by atoms with Crippen LogP contribution in [0.3, 0.4) is 0 Å². The first-order valence-corrected chi connectivity index (χ1v) is 7.89. The lowest BCUT2D eigenvalue weighted by Crippen LogP contribution is -2.14. The molecule has 0 fully saturated rings. The van der Waals surface area contributed by atoms with E-state index in [1.807, 2.05) is 49.4 Å². The van der Waals surface area contributed by atoms with E-state index in [0.29, 0.717) is 11.1 Å². The number of aryl methyl sites for hydroxylation is 1. The Morgan fingerprint density at radius 1 is 1.08 bits per heavy atom. The molecule has 25 heavy (non-hydrogen) atoms. The minimum absolute atomic E-state index is 0.0876. The Balaban J connectivity index is 1.53. The van der Waals surface area contributed by atoms with Crippen molar-refractivity contribution in [3.05, 3.63) is 71.6 Å². The fourth-order valence-electron chi connectivity index (χ4n) is 2.99. The lowest BCUT2D eigenvalue weighted by molar-refractivity contribution is 0.0446. The molecule has 0 amide bonds. The molecule has 2 heterocycles. The van der Waals surface area contributed by atoms with Gasteiger partial charge in [-0.3, -0.25) is 4.79 Å². The van der Waals surface area contributed by atoms with Gasteiger partial charge < -0.3 is 14.1 Å². The van der Waals surface area contributed by atoms with Crippen LogP contribution in [-0.2, 0) is 4.74 Å². The molecule has 0 aliphatic carbocycles. The molecule has 5 heteroatoms. The first kappa shape index (κ1) is 15.2. The van der Waals surface area contributed by atoms with Gasteiger partial charge in [-0.05, 0) is 25.1 Å². The summed E-state index contributed by atoms with van der Waals surface area (Å²) in [5, 5.41) is 1.64. The minimum Gasteiger partial charge on any atom is -0.451 e. The predicted octanol–water partition coefficient (Wildman–Crippen LogP) is 4.26. The number of nitrogens with one attached hydrogen (secondary N) is 1. The molecule has 0 saturated heterocycles. The molecule has 0 unspecified atom stereocenters. The van der Waals surface area contributed by atoms with E-state index in [1.165, 1.54) is 0 Å². The Kier molecular flexibility index (Phi) is 3.61. The van der Waals surface area contributed by atoms with E-state index >= 15 is 0 Å². The third-order valence-electron chi connectivity index (χ3n) is 4.13. The van der Waals surface area contributed by atoms with Crippen LogP contribution < -0.4 is 0 Å². The summed E-state index contributed by atoms with van der Waals surface area (Å²) in [6.45, 7) is 1.49. The number of para-hydroxylation sites is 2. The molecule has 0 aliphatic rings. The van der Waals surface area contributed by atoms with Gasteiger partial charge in [0, 0.05) is 27.5 Å². The van der Waals surface area contributed by atoms with Gasteiger partial charge in [-0.25, -0.2) is 4.79 Å². The van der Waals surface area contributed by atoms with Gasteiger partial charge in [-0.1, -0.05) is 36.4 Å². The van der Waals surface area contributed by atoms with E-state index in [-0.39, 0.29) is 18.2 Å². The van der Waals surface area contributed by atoms with Crippen molar-refractivity contribution in [1.82, 2.24) is 4.98 Å². The van der Waals surface area contributed by atoms with E-state index < -0.39 is 5.97 Å². The molecule has 124 valence electrons. The number of fused-ring (bicyclic) bond motifs is 2. The van der Waals surface area contributed by atoms with Crippen molar-refractivity contribution in [2.75, 3.05) is 6.61 Å². The third kappa shape index (κ3) is 2.70. The summed E-state index contributed by atoms with van der Waals surface area (Å²) in [6, 6.07) is 16.4. The quantitative estimate of drug-likeness (QED) is 0.447. The van der Waals surface area contributed by atoms with E-state index in [2.05, 4.69) is 4.98 Å². The molecule has 4 rings (SSSR count). The number of ether oxygens (including phenoxy) is 1. The maximum atomic E-state index is 12.5. The number of H-pyrrole nitrogens is 1. The molecule has 2 aromatic carbocycles. The number of ketones is 1. The van der Waals surface area contributed by atoms with E-state index in [0.717, 1.165) is 22.0 Å². The number of benzene rings is 2. The van der Waals surface area contributed by atoms with Crippen molar-refractivity contribution in [3.8, 4) is 0 Å². The van der Waals surface area contributed by atoms with Crippen LogP contribution in [0.5, 0.6) is 0 Å². The predicted molar refractivity (Wildman–Crippen MR) is 93.9 cm³/mol. The summed E-state index contributed by atoms with van der Waals surface area (Å²) in [6.07, 6.45) is 0. The maximum absolute atomic E-state index is 12.5. The SMILES string of the molecule is Cc1[nH]c2ccccc2c1C(=O)COC(=O)c1cc2ccccc2o1. The Bertz CT molecular complexity index is 1070. The van der Waals surface area contributed by atoms with Crippen molar-refractivity contribution < 1.29 is 18.7 Å². The number of Topliss-reactive ketones (excluding diaryl/α,β-unsaturated/α-hetero) is 1. The molecule has 0 atom stereocenters. The zero-order chi connectivity index (χ0) is 17.4. The molecule has 0 saturated carbocycles. The number of rotatable bonds is 4. The largest absolute Gasteiger partial charge is 0.451 e. The highest BCUT2D eigenvalue weighted by Gasteiger charge is 2.19. The monoisotopic (exact) mass is 333 g/mol. The molecule has 0 aliphatic heterocycles. The Morgan fingerprint density at radius 3 is 2.68 bits per heavy atom. The van der Waals surface area contributed by atoms with Gasteiger partial charge in [-0.15, -0.1) is 0 Å². The van der Waals surface area contributed by atoms with E-state index in [1.54, 1.807) is 12.1 Å². The number of hydrogen-bond donors (Lipinski definition) is 1. The standard InChI is InChI=1S/C20H15NO4/c1-12-19(14-7-3-4-8-15(14)21-12)16(22)11-24-20(23)18-10-13-6-2-5-9-17(13)25-18/h2-10,21H,11H2,1H3. The normalized spacial score (nSPS) is 11.1. The summed E-state index contributed by atoms with van der Waals surface area (Å²) in [5.74, 6) is -0.814. The highest BCUT2D eigenvalue weighted by molar-refractivity contribution is 6.10. The summed E-state index contributed by atoms with van der Waals surface area (Å²) < 4.78 is 10.6. The highest BCUT2D eigenvalue weighted by atomic mass is 16.5. The fraction of sp³-hybridized carbons (Fsp3) is 0.100. The van der Waals surface area contributed by atoms with Gasteiger partial charge in [0.2, 0.25) is 11.5 Å². The number of aromatic amines is 1. The van der Waals surface area contributed by atoms with Crippen LogP contribution in [0.2, 0.25) is 0 Å². The number of carbonyl (C=O) groups excluding carboxylic acids is 2. The van der Waals surface area contributed by atoms with Gasteiger partial charge in [0.25, 0.3) is 0 Å². The average Bonchev–Trinajstić information content (AvgIpc) is 3.19. The molecule has 0 radical (unpaired) electrons. The molecule has 0 bridgehead atoms. The molecular weight excluding hydrogens is 318 g/mol. The topological polar surface area (TPSA) is 72.3 Å².